The molecule has 8 heteroatoms. The van der Waals surface area contributed by atoms with Crippen LogP contribution < -0.4 is 15.5 Å². The Morgan fingerprint density at radius 3 is 2.91 bits per heavy atom. The van der Waals surface area contributed by atoms with Gasteiger partial charge >= 0.3 is 6.09 Å². The lowest BCUT2D eigenvalue weighted by Gasteiger charge is -2.33. The van der Waals surface area contributed by atoms with Crippen molar-refractivity contribution in [2.24, 2.45) is 0 Å². The van der Waals surface area contributed by atoms with Gasteiger partial charge in [-0.05, 0) is 25.8 Å². The number of anilines is 1. The SMILES string of the molecule is CCOC(=O)NCCC(=O)N[C@@H]1CCCN(c2ncccn2)C1. The van der Waals surface area contributed by atoms with Crippen LogP contribution in [0.4, 0.5) is 10.7 Å². The zero-order valence-electron chi connectivity index (χ0n) is 13.3. The summed E-state index contributed by atoms with van der Waals surface area (Å²) in [4.78, 5) is 33.6. The normalized spacial score (nSPS) is 17.4. The Morgan fingerprint density at radius 2 is 2.17 bits per heavy atom. The number of nitrogens with one attached hydrogen (secondary N) is 2. The van der Waals surface area contributed by atoms with Gasteiger partial charge < -0.3 is 20.3 Å². The smallest absolute Gasteiger partial charge is 0.407 e. The van der Waals surface area contributed by atoms with Crippen LogP contribution in [0.2, 0.25) is 0 Å². The minimum Gasteiger partial charge on any atom is -0.450 e. The molecule has 0 aromatic carbocycles. The summed E-state index contributed by atoms with van der Waals surface area (Å²) in [5.74, 6) is 0.609. The van der Waals surface area contributed by atoms with E-state index in [1.54, 1.807) is 25.4 Å². The lowest BCUT2D eigenvalue weighted by atomic mass is 10.1. The molecule has 1 saturated heterocycles. The summed E-state index contributed by atoms with van der Waals surface area (Å²) in [6.45, 7) is 3.90. The van der Waals surface area contributed by atoms with Crippen molar-refractivity contribution in [2.75, 3.05) is 31.1 Å². The highest BCUT2D eigenvalue weighted by atomic mass is 16.5. The zero-order valence-corrected chi connectivity index (χ0v) is 13.3. The quantitative estimate of drug-likeness (QED) is 0.800. The number of aromatic nitrogens is 2. The highest BCUT2D eigenvalue weighted by Crippen LogP contribution is 2.15. The van der Waals surface area contributed by atoms with E-state index in [9.17, 15) is 9.59 Å². The molecular weight excluding hydrogens is 298 g/mol. The highest BCUT2D eigenvalue weighted by Gasteiger charge is 2.22. The number of carbonyl (C=O) groups excluding carboxylic acids is 2. The first kappa shape index (κ1) is 17.0. The molecule has 126 valence electrons. The summed E-state index contributed by atoms with van der Waals surface area (Å²) in [6, 6.07) is 1.85. The number of rotatable bonds is 6. The first-order valence-corrected chi connectivity index (χ1v) is 7.91. The Bertz CT molecular complexity index is 511. The van der Waals surface area contributed by atoms with Gasteiger partial charge in [-0.3, -0.25) is 4.79 Å². The van der Waals surface area contributed by atoms with Crippen LogP contribution in [0.5, 0.6) is 0 Å². The maximum Gasteiger partial charge on any atom is 0.407 e. The summed E-state index contributed by atoms with van der Waals surface area (Å²) in [5.41, 5.74) is 0. The van der Waals surface area contributed by atoms with Gasteiger partial charge in [-0.2, -0.15) is 0 Å². The molecule has 0 bridgehead atoms. The molecule has 0 unspecified atom stereocenters. The van der Waals surface area contributed by atoms with Crippen molar-refractivity contribution in [2.45, 2.75) is 32.2 Å². The fraction of sp³-hybridized carbons (Fsp3) is 0.600. The molecule has 1 aliphatic rings. The number of piperidine rings is 1. The van der Waals surface area contributed by atoms with Crippen LogP contribution in [0, 0.1) is 0 Å². The Hall–Kier alpha value is -2.38. The van der Waals surface area contributed by atoms with Gasteiger partial charge in [0, 0.05) is 44.5 Å². The first-order valence-electron chi connectivity index (χ1n) is 7.91. The van der Waals surface area contributed by atoms with Crippen LogP contribution >= 0.6 is 0 Å². The summed E-state index contributed by atoms with van der Waals surface area (Å²) in [5, 5.41) is 5.53. The second-order valence-corrected chi connectivity index (χ2v) is 5.30. The average Bonchev–Trinajstić information content (AvgIpc) is 2.56. The lowest BCUT2D eigenvalue weighted by molar-refractivity contribution is -0.121. The maximum atomic E-state index is 11.9. The van der Waals surface area contributed by atoms with Gasteiger partial charge in [0.05, 0.1) is 6.61 Å². The number of hydrogen-bond donors (Lipinski definition) is 2. The van der Waals surface area contributed by atoms with E-state index in [0.717, 1.165) is 19.4 Å². The highest BCUT2D eigenvalue weighted by molar-refractivity contribution is 5.77. The minimum atomic E-state index is -0.495. The molecule has 1 aromatic rings. The topological polar surface area (TPSA) is 96.4 Å². The van der Waals surface area contributed by atoms with Gasteiger partial charge in [0.1, 0.15) is 0 Å². The number of amides is 2. The van der Waals surface area contributed by atoms with Gasteiger partial charge in [0.2, 0.25) is 11.9 Å². The first-order chi connectivity index (χ1) is 11.2. The van der Waals surface area contributed by atoms with E-state index in [1.807, 2.05) is 0 Å². The Morgan fingerprint density at radius 1 is 1.39 bits per heavy atom. The van der Waals surface area contributed by atoms with Gasteiger partial charge in [-0.15, -0.1) is 0 Å². The lowest BCUT2D eigenvalue weighted by Crippen LogP contribution is -2.48. The van der Waals surface area contributed by atoms with Crippen molar-refractivity contribution < 1.29 is 14.3 Å². The molecule has 2 heterocycles. The molecule has 1 aliphatic heterocycles. The van der Waals surface area contributed by atoms with Crippen molar-refractivity contribution >= 4 is 17.9 Å². The van der Waals surface area contributed by atoms with E-state index in [-0.39, 0.29) is 24.9 Å². The van der Waals surface area contributed by atoms with E-state index < -0.39 is 6.09 Å². The van der Waals surface area contributed by atoms with E-state index >= 15 is 0 Å². The standard InChI is InChI=1S/C15H23N5O3/c1-2-23-15(22)18-9-6-13(21)19-12-5-3-10-20(11-12)14-16-7-4-8-17-14/h4,7-8,12H,2-3,5-6,9-11H2,1H3,(H,18,22)(H,19,21)/t12-/m1/s1. The number of nitrogens with zero attached hydrogens (tertiary/aromatic N) is 3. The monoisotopic (exact) mass is 321 g/mol. The van der Waals surface area contributed by atoms with Gasteiger partial charge in [0.15, 0.2) is 0 Å². The van der Waals surface area contributed by atoms with E-state index in [1.165, 1.54) is 0 Å². The van der Waals surface area contributed by atoms with E-state index in [4.69, 9.17) is 4.74 Å². The van der Waals surface area contributed by atoms with Crippen molar-refractivity contribution in [3.8, 4) is 0 Å². The minimum absolute atomic E-state index is 0.0719. The fourth-order valence-electron chi connectivity index (χ4n) is 2.49. The van der Waals surface area contributed by atoms with Crippen LogP contribution in [0.15, 0.2) is 18.5 Å². The van der Waals surface area contributed by atoms with Crippen LogP contribution in [0.3, 0.4) is 0 Å². The summed E-state index contributed by atoms with van der Waals surface area (Å²) < 4.78 is 4.73. The third-order valence-corrected chi connectivity index (χ3v) is 3.52. The molecule has 23 heavy (non-hydrogen) atoms. The second kappa shape index (κ2) is 8.92. The van der Waals surface area contributed by atoms with Gasteiger partial charge in [-0.25, -0.2) is 14.8 Å². The van der Waals surface area contributed by atoms with Crippen LogP contribution in [-0.2, 0) is 9.53 Å². The third kappa shape index (κ3) is 5.72. The van der Waals surface area contributed by atoms with E-state index in [2.05, 4.69) is 25.5 Å². The van der Waals surface area contributed by atoms with E-state index in [0.29, 0.717) is 19.1 Å². The molecule has 1 aromatic heterocycles. The predicted octanol–water partition coefficient (Wildman–Crippen LogP) is 0.698. The fourth-order valence-corrected chi connectivity index (χ4v) is 2.49. The molecule has 0 spiro atoms. The number of carbonyl (C=O) groups is 2. The molecule has 2 amide bonds. The largest absolute Gasteiger partial charge is 0.450 e. The molecule has 1 fully saturated rings. The molecule has 2 rings (SSSR count). The Balaban J connectivity index is 1.72. The average molecular weight is 321 g/mol. The van der Waals surface area contributed by atoms with Crippen LogP contribution in [0.25, 0.3) is 0 Å². The summed E-state index contributed by atoms with van der Waals surface area (Å²) >= 11 is 0. The molecule has 0 radical (unpaired) electrons. The van der Waals surface area contributed by atoms with Crippen LogP contribution in [-0.4, -0.2) is 54.3 Å². The predicted molar refractivity (Wildman–Crippen MR) is 85.1 cm³/mol. The summed E-state index contributed by atoms with van der Waals surface area (Å²) in [7, 11) is 0. The Labute approximate surface area is 135 Å². The van der Waals surface area contributed by atoms with Crippen molar-refractivity contribution in [1.82, 2.24) is 20.6 Å². The van der Waals surface area contributed by atoms with Crippen LogP contribution in [0.1, 0.15) is 26.2 Å². The molecule has 2 N–H and O–H groups in total. The number of hydrogen-bond acceptors (Lipinski definition) is 6. The molecular formula is C15H23N5O3. The zero-order chi connectivity index (χ0) is 16.5. The third-order valence-electron chi connectivity index (χ3n) is 3.52. The van der Waals surface area contributed by atoms with Crippen molar-refractivity contribution in [1.29, 1.82) is 0 Å². The molecule has 1 atom stereocenters. The van der Waals surface area contributed by atoms with Gasteiger partial charge in [-0.1, -0.05) is 0 Å². The molecule has 8 nitrogen and oxygen atoms in total. The molecule has 0 saturated carbocycles. The van der Waals surface area contributed by atoms with Crippen molar-refractivity contribution in [3.63, 3.8) is 0 Å². The number of alkyl carbamates (subject to hydrolysis) is 1. The Kier molecular flexibility index (Phi) is 6.58. The van der Waals surface area contributed by atoms with Gasteiger partial charge in [0.25, 0.3) is 0 Å². The van der Waals surface area contributed by atoms with Crippen molar-refractivity contribution in [3.05, 3.63) is 18.5 Å². The number of ether oxygens (including phenoxy) is 1. The molecule has 0 aliphatic carbocycles. The maximum absolute atomic E-state index is 11.9. The second-order valence-electron chi connectivity index (χ2n) is 5.30. The summed E-state index contributed by atoms with van der Waals surface area (Å²) in [6.07, 6.45) is 5.07.